The van der Waals surface area contributed by atoms with E-state index in [2.05, 4.69) is 16.9 Å². The van der Waals surface area contributed by atoms with Gasteiger partial charge in [-0.3, -0.25) is 10.3 Å². The van der Waals surface area contributed by atoms with E-state index in [0.717, 1.165) is 11.3 Å². The highest BCUT2D eigenvalue weighted by Crippen LogP contribution is 2.09. The van der Waals surface area contributed by atoms with Gasteiger partial charge in [-0.05, 0) is 45.2 Å². The fourth-order valence-corrected chi connectivity index (χ4v) is 1.49. The molecule has 22 heavy (non-hydrogen) atoms. The minimum atomic E-state index is -0.522. The third-order valence-electron chi connectivity index (χ3n) is 2.43. The topological polar surface area (TPSA) is 71.5 Å². The van der Waals surface area contributed by atoms with E-state index in [-0.39, 0.29) is 6.61 Å². The Bertz CT molecular complexity index is 462. The molecule has 0 saturated carbocycles. The molecule has 2 N–H and O–H groups in total. The van der Waals surface area contributed by atoms with Crippen LogP contribution in [0.25, 0.3) is 0 Å². The molecule has 0 spiro atoms. The molecule has 0 fully saturated rings. The number of carbonyl (C=O) groups excluding carboxylic acids is 1. The second kappa shape index (κ2) is 9.95. The van der Waals surface area contributed by atoms with Crippen LogP contribution in [-0.2, 0) is 17.8 Å². The molecule has 0 aliphatic heterocycles. The zero-order chi connectivity index (χ0) is 17.2. The monoisotopic (exact) mass is 308 g/mol. The first-order chi connectivity index (χ1) is 10.3. The molecule has 5 heteroatoms. The molecule has 0 unspecified atom stereocenters. The fraction of sp³-hybridized carbons (Fsp3) is 0.529. The molecular weight excluding hydrogens is 280 g/mol. The summed E-state index contributed by atoms with van der Waals surface area (Å²) in [6.07, 6.45) is 2.40. The van der Waals surface area contributed by atoms with Crippen LogP contribution in [0.1, 0.15) is 52.3 Å². The smallest absolute Gasteiger partial charge is 0.411 e. The molecule has 124 valence electrons. The zero-order valence-corrected chi connectivity index (χ0v) is 14.3. The van der Waals surface area contributed by atoms with E-state index in [1.54, 1.807) is 6.20 Å². The van der Waals surface area contributed by atoms with Gasteiger partial charge in [0.2, 0.25) is 0 Å². The summed E-state index contributed by atoms with van der Waals surface area (Å²) >= 11 is 0. The summed E-state index contributed by atoms with van der Waals surface area (Å²) in [4.78, 5) is 15.7. The van der Waals surface area contributed by atoms with E-state index in [0.29, 0.717) is 18.5 Å². The number of ether oxygens (including phenoxy) is 1. The van der Waals surface area contributed by atoms with Gasteiger partial charge in [-0.2, -0.15) is 0 Å². The van der Waals surface area contributed by atoms with Gasteiger partial charge in [-0.25, -0.2) is 4.79 Å². The number of aliphatic hydroxyl groups is 1. The summed E-state index contributed by atoms with van der Waals surface area (Å²) in [5, 5.41) is 11.5. The van der Waals surface area contributed by atoms with Crippen LogP contribution in [0.3, 0.4) is 0 Å². The van der Waals surface area contributed by atoms with Crippen LogP contribution in [0, 0.1) is 0 Å². The van der Waals surface area contributed by atoms with E-state index in [1.165, 1.54) is 0 Å². The summed E-state index contributed by atoms with van der Waals surface area (Å²) in [7, 11) is 0. The van der Waals surface area contributed by atoms with Crippen LogP contribution in [0.5, 0.6) is 0 Å². The quantitative estimate of drug-likeness (QED) is 0.872. The first-order valence-corrected chi connectivity index (χ1v) is 7.52. The Labute approximate surface area is 133 Å². The lowest BCUT2D eigenvalue weighted by atomic mass is 10.1. The Balaban J connectivity index is 0.00000211. The number of carbonyl (C=O) groups is 1. The number of rotatable bonds is 5. The standard InChI is InChI=1S/C15H22N2O3.C2H6/c1-11(17-14(19)20-15(2,3)4)5-7-13-8-6-12(10-18)9-16-13;1-2/h6,8-9,18H,1,5,7,10H2,2-4H3,(H,17,19);1-2H3. The minimum Gasteiger partial charge on any atom is -0.444 e. The SMILES string of the molecule is C=C(CCc1ccc(CO)cn1)NC(=O)OC(C)(C)C.CC. The Kier molecular flexibility index (Phi) is 9.10. The van der Waals surface area contributed by atoms with Crippen LogP contribution in [0.4, 0.5) is 4.79 Å². The normalized spacial score (nSPS) is 10.3. The molecule has 0 aliphatic rings. The summed E-state index contributed by atoms with van der Waals surface area (Å²) in [6, 6.07) is 3.68. The highest BCUT2D eigenvalue weighted by molar-refractivity contribution is 5.69. The van der Waals surface area contributed by atoms with E-state index >= 15 is 0 Å². The van der Waals surface area contributed by atoms with Crippen LogP contribution >= 0.6 is 0 Å². The van der Waals surface area contributed by atoms with E-state index in [9.17, 15) is 4.79 Å². The zero-order valence-electron chi connectivity index (χ0n) is 14.3. The summed E-state index contributed by atoms with van der Waals surface area (Å²) in [6.45, 7) is 13.2. The third kappa shape index (κ3) is 9.13. The van der Waals surface area contributed by atoms with Crippen molar-refractivity contribution in [3.63, 3.8) is 0 Å². The van der Waals surface area contributed by atoms with Gasteiger partial charge in [0.05, 0.1) is 6.61 Å². The lowest BCUT2D eigenvalue weighted by molar-refractivity contribution is 0.0544. The van der Waals surface area contributed by atoms with E-state index in [4.69, 9.17) is 9.84 Å². The van der Waals surface area contributed by atoms with Crippen LogP contribution < -0.4 is 5.32 Å². The number of amides is 1. The van der Waals surface area contributed by atoms with Crippen molar-refractivity contribution in [2.75, 3.05) is 0 Å². The summed E-state index contributed by atoms with van der Waals surface area (Å²) in [5.41, 5.74) is 1.73. The lowest BCUT2D eigenvalue weighted by Crippen LogP contribution is -2.31. The van der Waals surface area contributed by atoms with Gasteiger partial charge in [0.25, 0.3) is 0 Å². The maximum absolute atomic E-state index is 11.5. The van der Waals surface area contributed by atoms with Crippen molar-refractivity contribution < 1.29 is 14.6 Å². The highest BCUT2D eigenvalue weighted by Gasteiger charge is 2.16. The number of alkyl carbamates (subject to hydrolysis) is 1. The fourth-order valence-electron chi connectivity index (χ4n) is 1.49. The first-order valence-electron chi connectivity index (χ1n) is 7.52. The molecular formula is C17H28N2O3. The van der Waals surface area contributed by atoms with Crippen molar-refractivity contribution in [2.45, 2.75) is 59.7 Å². The molecule has 1 rings (SSSR count). The Morgan fingerprint density at radius 3 is 2.45 bits per heavy atom. The van der Waals surface area contributed by atoms with Crippen molar-refractivity contribution in [3.8, 4) is 0 Å². The maximum Gasteiger partial charge on any atom is 0.411 e. The number of aryl methyl sites for hydroxylation is 1. The molecule has 0 atom stereocenters. The number of nitrogens with zero attached hydrogens (tertiary/aromatic N) is 1. The van der Waals surface area contributed by atoms with Crippen molar-refractivity contribution in [1.82, 2.24) is 10.3 Å². The van der Waals surface area contributed by atoms with Crippen molar-refractivity contribution in [3.05, 3.63) is 41.9 Å². The van der Waals surface area contributed by atoms with Crippen LogP contribution in [0.2, 0.25) is 0 Å². The minimum absolute atomic E-state index is 0.0137. The second-order valence-corrected chi connectivity index (χ2v) is 5.55. The van der Waals surface area contributed by atoms with E-state index < -0.39 is 11.7 Å². The molecule has 5 nitrogen and oxygen atoms in total. The number of allylic oxidation sites excluding steroid dienone is 1. The average Bonchev–Trinajstić information content (AvgIpc) is 2.45. The second-order valence-electron chi connectivity index (χ2n) is 5.55. The van der Waals surface area contributed by atoms with Gasteiger partial charge in [0.1, 0.15) is 5.60 Å². The molecule has 0 saturated heterocycles. The molecule has 1 heterocycles. The average molecular weight is 308 g/mol. The predicted molar refractivity (Wildman–Crippen MR) is 88.3 cm³/mol. The molecule has 0 radical (unpaired) electrons. The number of hydrogen-bond donors (Lipinski definition) is 2. The maximum atomic E-state index is 11.5. The number of hydrogen-bond acceptors (Lipinski definition) is 4. The molecule has 0 aliphatic carbocycles. The van der Waals surface area contributed by atoms with Gasteiger partial charge >= 0.3 is 6.09 Å². The van der Waals surface area contributed by atoms with Gasteiger partial charge < -0.3 is 9.84 Å². The van der Waals surface area contributed by atoms with Crippen molar-refractivity contribution in [2.24, 2.45) is 0 Å². The molecule has 0 aromatic carbocycles. The van der Waals surface area contributed by atoms with Gasteiger partial charge in [-0.15, -0.1) is 0 Å². The largest absolute Gasteiger partial charge is 0.444 e. The van der Waals surface area contributed by atoms with Gasteiger partial charge in [0, 0.05) is 17.6 Å². The third-order valence-corrected chi connectivity index (χ3v) is 2.43. The highest BCUT2D eigenvalue weighted by atomic mass is 16.6. The summed E-state index contributed by atoms with van der Waals surface area (Å²) in [5.74, 6) is 0. The van der Waals surface area contributed by atoms with E-state index in [1.807, 2.05) is 46.8 Å². The predicted octanol–water partition coefficient (Wildman–Crippen LogP) is 3.57. The van der Waals surface area contributed by atoms with Crippen LogP contribution in [0.15, 0.2) is 30.6 Å². The van der Waals surface area contributed by atoms with Crippen molar-refractivity contribution >= 4 is 6.09 Å². The Morgan fingerprint density at radius 2 is 2.00 bits per heavy atom. The van der Waals surface area contributed by atoms with Crippen LogP contribution in [-0.4, -0.2) is 21.8 Å². The molecule has 0 bridgehead atoms. The van der Waals surface area contributed by atoms with Gasteiger partial charge in [-0.1, -0.05) is 26.5 Å². The number of pyridine rings is 1. The number of nitrogens with one attached hydrogen (secondary N) is 1. The number of aliphatic hydroxyl groups excluding tert-OH is 1. The van der Waals surface area contributed by atoms with Crippen molar-refractivity contribution in [1.29, 1.82) is 0 Å². The molecule has 1 aromatic rings. The van der Waals surface area contributed by atoms with Gasteiger partial charge in [0.15, 0.2) is 0 Å². The molecule has 1 amide bonds. The lowest BCUT2D eigenvalue weighted by Gasteiger charge is -2.20. The Hall–Kier alpha value is -1.88. The summed E-state index contributed by atoms with van der Waals surface area (Å²) < 4.78 is 5.14. The molecule has 1 aromatic heterocycles. The first kappa shape index (κ1) is 20.1. The Morgan fingerprint density at radius 1 is 1.36 bits per heavy atom. The number of aromatic nitrogens is 1.